The Hall–Kier alpha value is -1.39. The Morgan fingerprint density at radius 3 is 2.73 bits per heavy atom. The monoisotopic (exact) mass is 303 g/mol. The molecule has 2 atom stereocenters. The molecule has 2 N–H and O–H groups in total. The maximum absolute atomic E-state index is 12.6. The molecule has 1 fully saturated rings. The lowest BCUT2D eigenvalue weighted by atomic mass is 9.87. The highest BCUT2D eigenvalue weighted by Crippen LogP contribution is 2.22. The summed E-state index contributed by atoms with van der Waals surface area (Å²) in [6, 6.07) is 10.2. The van der Waals surface area contributed by atoms with Crippen LogP contribution in [-0.2, 0) is 11.3 Å². The smallest absolute Gasteiger partial charge is 0.237 e. The van der Waals surface area contributed by atoms with Gasteiger partial charge in [-0.05, 0) is 43.8 Å². The van der Waals surface area contributed by atoms with E-state index in [2.05, 4.69) is 24.0 Å². The molecule has 4 heteroatoms. The Morgan fingerprint density at radius 2 is 2.09 bits per heavy atom. The van der Waals surface area contributed by atoms with Crippen molar-refractivity contribution < 1.29 is 4.79 Å². The Labute approximate surface area is 134 Å². The molecular formula is C18H29N3O. The number of nitrogens with zero attached hydrogens (tertiary/aromatic N) is 2. The minimum absolute atomic E-state index is 0.219. The zero-order valence-electron chi connectivity index (χ0n) is 13.9. The fourth-order valence-corrected chi connectivity index (χ4v) is 3.15. The summed E-state index contributed by atoms with van der Waals surface area (Å²) in [4.78, 5) is 16.8. The van der Waals surface area contributed by atoms with Crippen molar-refractivity contribution in [3.8, 4) is 0 Å². The Balaban J connectivity index is 1.89. The lowest BCUT2D eigenvalue weighted by Gasteiger charge is -2.37. The number of nitrogens with two attached hydrogens (primary N) is 1. The second-order valence-electron chi connectivity index (χ2n) is 6.39. The molecule has 0 spiro atoms. The van der Waals surface area contributed by atoms with Gasteiger partial charge in [0.2, 0.25) is 5.91 Å². The highest BCUT2D eigenvalue weighted by molar-refractivity contribution is 5.78. The molecule has 1 aliphatic rings. The van der Waals surface area contributed by atoms with E-state index in [1.807, 2.05) is 30.0 Å². The topological polar surface area (TPSA) is 49.6 Å². The lowest BCUT2D eigenvalue weighted by Crippen LogP contribution is -2.47. The van der Waals surface area contributed by atoms with Crippen LogP contribution in [0.4, 0.5) is 0 Å². The third-order valence-corrected chi connectivity index (χ3v) is 4.81. The quantitative estimate of drug-likeness (QED) is 0.874. The van der Waals surface area contributed by atoms with Gasteiger partial charge in [-0.25, -0.2) is 0 Å². The minimum atomic E-state index is 0.219. The van der Waals surface area contributed by atoms with E-state index in [4.69, 9.17) is 5.73 Å². The highest BCUT2D eigenvalue weighted by Gasteiger charge is 2.27. The number of piperidine rings is 1. The van der Waals surface area contributed by atoms with Gasteiger partial charge in [0.15, 0.2) is 0 Å². The summed E-state index contributed by atoms with van der Waals surface area (Å²) in [6.45, 7) is 8.95. The van der Waals surface area contributed by atoms with Gasteiger partial charge in [-0.15, -0.1) is 0 Å². The number of hydrogen-bond donors (Lipinski definition) is 1. The fourth-order valence-electron chi connectivity index (χ4n) is 3.15. The standard InChI is InChI=1S/C18H29N3O/c1-3-21(12-16-7-5-4-6-8-16)18(22)14-20-10-9-15(2)17(11-19)13-20/h4-8,15,17H,3,9-14,19H2,1-2H3. The van der Waals surface area contributed by atoms with Gasteiger partial charge in [0.05, 0.1) is 6.54 Å². The van der Waals surface area contributed by atoms with E-state index in [1.165, 1.54) is 5.56 Å². The molecule has 0 aromatic heterocycles. The third-order valence-electron chi connectivity index (χ3n) is 4.81. The predicted molar refractivity (Wildman–Crippen MR) is 90.3 cm³/mol. The second-order valence-corrected chi connectivity index (χ2v) is 6.39. The predicted octanol–water partition coefficient (Wildman–Crippen LogP) is 1.95. The number of rotatable bonds is 6. The molecule has 1 amide bonds. The number of amides is 1. The van der Waals surface area contributed by atoms with E-state index in [9.17, 15) is 4.79 Å². The van der Waals surface area contributed by atoms with Crippen LogP contribution in [0.1, 0.15) is 25.8 Å². The summed E-state index contributed by atoms with van der Waals surface area (Å²) in [7, 11) is 0. The summed E-state index contributed by atoms with van der Waals surface area (Å²) in [5.74, 6) is 1.41. The SMILES string of the molecule is CCN(Cc1ccccc1)C(=O)CN1CCC(C)C(CN)C1. The van der Waals surface area contributed by atoms with Gasteiger partial charge >= 0.3 is 0 Å². The Morgan fingerprint density at radius 1 is 1.36 bits per heavy atom. The number of carbonyl (C=O) groups excluding carboxylic acids is 1. The molecule has 1 aromatic carbocycles. The zero-order chi connectivity index (χ0) is 15.9. The van der Waals surface area contributed by atoms with Crippen molar-refractivity contribution in [2.45, 2.75) is 26.8 Å². The minimum Gasteiger partial charge on any atom is -0.338 e. The maximum Gasteiger partial charge on any atom is 0.237 e. The third kappa shape index (κ3) is 4.55. The molecule has 2 rings (SSSR count). The van der Waals surface area contributed by atoms with Gasteiger partial charge < -0.3 is 10.6 Å². The van der Waals surface area contributed by atoms with Crippen LogP contribution in [0.5, 0.6) is 0 Å². The van der Waals surface area contributed by atoms with Crippen LogP contribution in [-0.4, -0.2) is 48.4 Å². The molecular weight excluding hydrogens is 274 g/mol. The van der Waals surface area contributed by atoms with Crippen molar-refractivity contribution in [2.24, 2.45) is 17.6 Å². The van der Waals surface area contributed by atoms with Crippen molar-refractivity contribution in [3.63, 3.8) is 0 Å². The van der Waals surface area contributed by atoms with Gasteiger partial charge in [0.1, 0.15) is 0 Å². The zero-order valence-corrected chi connectivity index (χ0v) is 13.9. The Bertz CT molecular complexity index is 463. The number of likely N-dealkylation sites (tertiary alicyclic amines) is 1. The van der Waals surface area contributed by atoms with Crippen LogP contribution in [0, 0.1) is 11.8 Å². The molecule has 22 heavy (non-hydrogen) atoms. The molecule has 0 radical (unpaired) electrons. The summed E-state index contributed by atoms with van der Waals surface area (Å²) in [6.07, 6.45) is 1.14. The van der Waals surface area contributed by atoms with Crippen molar-refractivity contribution in [1.82, 2.24) is 9.80 Å². The maximum atomic E-state index is 12.6. The van der Waals surface area contributed by atoms with Crippen LogP contribution in [0.3, 0.4) is 0 Å². The number of likely N-dealkylation sites (N-methyl/N-ethyl adjacent to an activating group) is 1. The van der Waals surface area contributed by atoms with Gasteiger partial charge in [0, 0.05) is 19.6 Å². The lowest BCUT2D eigenvalue weighted by molar-refractivity contribution is -0.133. The van der Waals surface area contributed by atoms with Crippen LogP contribution in [0.2, 0.25) is 0 Å². The summed E-state index contributed by atoms with van der Waals surface area (Å²) >= 11 is 0. The van der Waals surface area contributed by atoms with Gasteiger partial charge in [0.25, 0.3) is 0 Å². The number of benzene rings is 1. The summed E-state index contributed by atoms with van der Waals surface area (Å²) < 4.78 is 0. The van der Waals surface area contributed by atoms with E-state index < -0.39 is 0 Å². The van der Waals surface area contributed by atoms with Crippen molar-refractivity contribution in [1.29, 1.82) is 0 Å². The van der Waals surface area contributed by atoms with E-state index in [1.54, 1.807) is 0 Å². The molecule has 1 aliphatic heterocycles. The average Bonchev–Trinajstić information content (AvgIpc) is 2.55. The average molecular weight is 303 g/mol. The van der Waals surface area contributed by atoms with Crippen molar-refractivity contribution in [3.05, 3.63) is 35.9 Å². The first-order valence-corrected chi connectivity index (χ1v) is 8.38. The molecule has 1 saturated heterocycles. The molecule has 1 aromatic rings. The first kappa shape index (κ1) is 17.0. The van der Waals surface area contributed by atoms with E-state index in [-0.39, 0.29) is 5.91 Å². The van der Waals surface area contributed by atoms with Gasteiger partial charge in [-0.1, -0.05) is 37.3 Å². The fraction of sp³-hybridized carbons (Fsp3) is 0.611. The van der Waals surface area contributed by atoms with Crippen molar-refractivity contribution >= 4 is 5.91 Å². The first-order chi connectivity index (χ1) is 10.6. The highest BCUT2D eigenvalue weighted by atomic mass is 16.2. The number of hydrogen-bond acceptors (Lipinski definition) is 3. The Kier molecular flexibility index (Phi) is 6.40. The molecule has 0 aliphatic carbocycles. The number of carbonyl (C=O) groups is 1. The molecule has 122 valence electrons. The second kappa shape index (κ2) is 8.30. The normalized spacial score (nSPS) is 22.5. The van der Waals surface area contributed by atoms with Crippen LogP contribution >= 0.6 is 0 Å². The summed E-state index contributed by atoms with van der Waals surface area (Å²) in [5.41, 5.74) is 7.04. The van der Waals surface area contributed by atoms with E-state index in [0.717, 1.165) is 26.1 Å². The van der Waals surface area contributed by atoms with Crippen LogP contribution < -0.4 is 5.73 Å². The molecule has 4 nitrogen and oxygen atoms in total. The van der Waals surface area contributed by atoms with Crippen LogP contribution in [0.25, 0.3) is 0 Å². The van der Waals surface area contributed by atoms with E-state index >= 15 is 0 Å². The molecule has 1 heterocycles. The van der Waals surface area contributed by atoms with Gasteiger partial charge in [-0.3, -0.25) is 9.69 Å². The summed E-state index contributed by atoms with van der Waals surface area (Å²) in [5, 5.41) is 0. The van der Waals surface area contributed by atoms with E-state index in [0.29, 0.717) is 31.5 Å². The van der Waals surface area contributed by atoms with Crippen molar-refractivity contribution in [2.75, 3.05) is 32.7 Å². The molecule has 2 unspecified atom stereocenters. The largest absolute Gasteiger partial charge is 0.338 e. The van der Waals surface area contributed by atoms with Crippen LogP contribution in [0.15, 0.2) is 30.3 Å². The molecule has 0 saturated carbocycles. The molecule has 0 bridgehead atoms. The first-order valence-electron chi connectivity index (χ1n) is 8.38. The van der Waals surface area contributed by atoms with Gasteiger partial charge in [-0.2, -0.15) is 0 Å².